The van der Waals surface area contributed by atoms with Crippen LogP contribution in [0.4, 0.5) is 0 Å². The second kappa shape index (κ2) is 7.19. The van der Waals surface area contributed by atoms with E-state index in [-0.39, 0.29) is 18.4 Å². The van der Waals surface area contributed by atoms with E-state index >= 15 is 0 Å². The maximum atomic E-state index is 9.19. The van der Waals surface area contributed by atoms with Gasteiger partial charge < -0.3 is 15.6 Å². The summed E-state index contributed by atoms with van der Waals surface area (Å²) in [6.45, 7) is 2.58. The van der Waals surface area contributed by atoms with Crippen molar-refractivity contribution in [1.29, 1.82) is 0 Å². The van der Waals surface area contributed by atoms with Gasteiger partial charge in [0.15, 0.2) is 0 Å². The van der Waals surface area contributed by atoms with Crippen LogP contribution in [0.25, 0.3) is 0 Å². The molecule has 0 fully saturated rings. The molecule has 3 N–H and O–H groups in total. The summed E-state index contributed by atoms with van der Waals surface area (Å²) in [6, 6.07) is 3.51. The minimum absolute atomic E-state index is 0.0717. The van der Waals surface area contributed by atoms with E-state index in [4.69, 9.17) is 33.7 Å². The highest BCUT2D eigenvalue weighted by Crippen LogP contribution is 2.38. The van der Waals surface area contributed by atoms with E-state index in [1.54, 1.807) is 13.2 Å². The molecule has 5 heteroatoms. The molecule has 0 aliphatic carbocycles. The highest BCUT2D eigenvalue weighted by atomic mass is 35.5. The van der Waals surface area contributed by atoms with Gasteiger partial charge in [0.25, 0.3) is 0 Å². The van der Waals surface area contributed by atoms with Gasteiger partial charge >= 0.3 is 0 Å². The second-order valence-electron chi connectivity index (χ2n) is 4.43. The Labute approximate surface area is 118 Å². The van der Waals surface area contributed by atoms with Crippen molar-refractivity contribution in [2.45, 2.75) is 19.3 Å². The summed E-state index contributed by atoms with van der Waals surface area (Å²) >= 11 is 12.1. The summed E-state index contributed by atoms with van der Waals surface area (Å²) in [5, 5.41) is 10.3. The largest absolute Gasteiger partial charge is 0.495 e. The van der Waals surface area contributed by atoms with E-state index in [1.165, 1.54) is 0 Å². The van der Waals surface area contributed by atoms with Gasteiger partial charge in [0.1, 0.15) is 5.75 Å². The summed E-state index contributed by atoms with van der Waals surface area (Å²) in [5.41, 5.74) is 6.54. The van der Waals surface area contributed by atoms with Crippen LogP contribution in [0.1, 0.15) is 24.8 Å². The molecule has 0 aliphatic rings. The summed E-state index contributed by atoms with van der Waals surface area (Å²) in [7, 11) is 1.58. The summed E-state index contributed by atoms with van der Waals surface area (Å²) in [6.07, 6.45) is 0.764. The number of aliphatic hydroxyl groups is 1. The van der Waals surface area contributed by atoms with Crippen LogP contribution in [-0.2, 0) is 0 Å². The molecule has 0 bridgehead atoms. The zero-order valence-electron chi connectivity index (χ0n) is 10.6. The molecule has 1 rings (SSSR count). The van der Waals surface area contributed by atoms with E-state index in [0.717, 1.165) is 12.0 Å². The van der Waals surface area contributed by atoms with Gasteiger partial charge in [-0.1, -0.05) is 30.1 Å². The number of aliphatic hydroxyl groups excluding tert-OH is 1. The van der Waals surface area contributed by atoms with E-state index in [0.29, 0.717) is 22.3 Å². The Hall–Kier alpha value is -0.480. The number of halogens is 2. The number of hydrogen-bond acceptors (Lipinski definition) is 3. The maximum Gasteiger partial charge on any atom is 0.141 e. The number of rotatable bonds is 6. The lowest BCUT2D eigenvalue weighted by Crippen LogP contribution is -2.20. The number of nitrogens with two attached hydrogens (primary N) is 1. The first-order valence-electron chi connectivity index (χ1n) is 5.87. The second-order valence-corrected chi connectivity index (χ2v) is 5.27. The van der Waals surface area contributed by atoms with E-state index in [9.17, 15) is 5.11 Å². The van der Waals surface area contributed by atoms with Gasteiger partial charge in [0.05, 0.1) is 12.1 Å². The number of hydrogen-bond donors (Lipinski definition) is 2. The molecule has 102 valence electrons. The normalized spacial score (nSPS) is 14.3. The minimum atomic E-state index is 0.0717. The van der Waals surface area contributed by atoms with Crippen LogP contribution in [0.3, 0.4) is 0 Å². The van der Waals surface area contributed by atoms with Crippen molar-refractivity contribution in [3.8, 4) is 5.75 Å². The average molecular weight is 292 g/mol. The van der Waals surface area contributed by atoms with Gasteiger partial charge in [0, 0.05) is 11.6 Å². The van der Waals surface area contributed by atoms with Crippen LogP contribution in [0.2, 0.25) is 10.0 Å². The molecule has 2 unspecified atom stereocenters. The molecule has 0 spiro atoms. The third-order valence-corrected chi connectivity index (χ3v) is 3.55. The minimum Gasteiger partial charge on any atom is -0.495 e. The molecule has 1 aromatic rings. The highest BCUT2D eigenvalue weighted by Gasteiger charge is 2.19. The maximum absolute atomic E-state index is 9.19. The average Bonchev–Trinajstić information content (AvgIpc) is 2.34. The number of benzene rings is 1. The fourth-order valence-electron chi connectivity index (χ4n) is 2.03. The fourth-order valence-corrected chi connectivity index (χ4v) is 2.62. The lowest BCUT2D eigenvalue weighted by Gasteiger charge is -2.21. The first kappa shape index (κ1) is 15.6. The van der Waals surface area contributed by atoms with Crippen molar-refractivity contribution in [2.24, 2.45) is 11.7 Å². The molecule has 18 heavy (non-hydrogen) atoms. The number of methoxy groups -OCH3 is 1. The van der Waals surface area contributed by atoms with Crippen molar-refractivity contribution in [3.05, 3.63) is 27.7 Å². The molecule has 0 amide bonds. The standard InChI is InChI=1S/C13H19Cl2NO2/c1-8(3-9(6-16)7-17)11-4-10(14)5-12(15)13(11)18-2/h4-5,8-9,17H,3,6-7,16H2,1-2H3. The van der Waals surface area contributed by atoms with Crippen LogP contribution in [0.5, 0.6) is 5.75 Å². The van der Waals surface area contributed by atoms with Crippen LogP contribution in [-0.4, -0.2) is 25.4 Å². The first-order chi connectivity index (χ1) is 8.53. The van der Waals surface area contributed by atoms with Crippen molar-refractivity contribution >= 4 is 23.2 Å². The van der Waals surface area contributed by atoms with E-state index in [1.807, 2.05) is 13.0 Å². The smallest absolute Gasteiger partial charge is 0.141 e. The monoisotopic (exact) mass is 291 g/mol. The van der Waals surface area contributed by atoms with Crippen LogP contribution < -0.4 is 10.5 Å². The Balaban J connectivity index is 3.00. The SMILES string of the molecule is COc1c(Cl)cc(Cl)cc1C(C)CC(CN)CO. The molecule has 3 nitrogen and oxygen atoms in total. The van der Waals surface area contributed by atoms with Gasteiger partial charge in [-0.15, -0.1) is 0 Å². The zero-order chi connectivity index (χ0) is 13.7. The van der Waals surface area contributed by atoms with Gasteiger partial charge in [-0.2, -0.15) is 0 Å². The molecule has 2 atom stereocenters. The molecule has 0 heterocycles. The van der Waals surface area contributed by atoms with Crippen molar-refractivity contribution in [2.75, 3.05) is 20.3 Å². The van der Waals surface area contributed by atoms with E-state index in [2.05, 4.69) is 0 Å². The van der Waals surface area contributed by atoms with Crippen molar-refractivity contribution < 1.29 is 9.84 Å². The van der Waals surface area contributed by atoms with Crippen molar-refractivity contribution in [3.63, 3.8) is 0 Å². The molecule has 0 aliphatic heterocycles. The van der Waals surface area contributed by atoms with Gasteiger partial charge in [-0.25, -0.2) is 0 Å². The molecule has 0 aromatic heterocycles. The topological polar surface area (TPSA) is 55.5 Å². The summed E-state index contributed by atoms with van der Waals surface area (Å²) in [5.74, 6) is 0.876. The Morgan fingerprint density at radius 3 is 2.56 bits per heavy atom. The predicted molar refractivity (Wildman–Crippen MR) is 75.7 cm³/mol. The van der Waals surface area contributed by atoms with E-state index < -0.39 is 0 Å². The summed E-state index contributed by atoms with van der Waals surface area (Å²) < 4.78 is 5.32. The van der Waals surface area contributed by atoms with Gasteiger partial charge in [-0.05, 0) is 42.5 Å². The van der Waals surface area contributed by atoms with Crippen molar-refractivity contribution in [1.82, 2.24) is 0 Å². The third kappa shape index (κ3) is 3.75. The third-order valence-electron chi connectivity index (χ3n) is 3.05. The lowest BCUT2D eigenvalue weighted by atomic mass is 9.90. The number of ether oxygens (including phenoxy) is 1. The van der Waals surface area contributed by atoms with Crippen LogP contribution >= 0.6 is 23.2 Å². The predicted octanol–water partition coefficient (Wildman–Crippen LogP) is 3.06. The van der Waals surface area contributed by atoms with Crippen LogP contribution in [0, 0.1) is 5.92 Å². The molecule has 1 aromatic carbocycles. The molecular weight excluding hydrogens is 273 g/mol. The Morgan fingerprint density at radius 1 is 1.39 bits per heavy atom. The highest BCUT2D eigenvalue weighted by molar-refractivity contribution is 6.35. The molecule has 0 saturated carbocycles. The van der Waals surface area contributed by atoms with Gasteiger partial charge in [0.2, 0.25) is 0 Å². The quantitative estimate of drug-likeness (QED) is 0.847. The lowest BCUT2D eigenvalue weighted by molar-refractivity contribution is 0.216. The Bertz CT molecular complexity index is 395. The molecular formula is C13H19Cl2NO2. The Morgan fingerprint density at radius 2 is 2.06 bits per heavy atom. The van der Waals surface area contributed by atoms with Gasteiger partial charge in [-0.3, -0.25) is 0 Å². The molecule has 0 radical (unpaired) electrons. The zero-order valence-corrected chi connectivity index (χ0v) is 12.1. The first-order valence-corrected chi connectivity index (χ1v) is 6.62. The Kier molecular flexibility index (Phi) is 6.22. The summed E-state index contributed by atoms with van der Waals surface area (Å²) in [4.78, 5) is 0. The molecule has 0 saturated heterocycles. The van der Waals surface area contributed by atoms with Crippen LogP contribution in [0.15, 0.2) is 12.1 Å². The fraction of sp³-hybridized carbons (Fsp3) is 0.538.